The first-order valence-electron chi connectivity index (χ1n) is 22.7. The maximum absolute atomic E-state index is 13.8. The molecule has 1 heterocycles. The summed E-state index contributed by atoms with van der Waals surface area (Å²) in [5.41, 5.74) is 4.90. The van der Waals surface area contributed by atoms with Crippen LogP contribution in [0.5, 0.6) is 0 Å². The average Bonchev–Trinajstić information content (AvgIpc) is 3.16. The molecule has 0 radical (unpaired) electrons. The van der Waals surface area contributed by atoms with Gasteiger partial charge in [-0.15, -0.1) is 0 Å². The molecule has 0 amide bonds. The second kappa shape index (κ2) is 37.3. The van der Waals surface area contributed by atoms with Gasteiger partial charge in [-0.3, -0.25) is 9.13 Å². The molecule has 1 aromatic rings. The van der Waals surface area contributed by atoms with Crippen LogP contribution in [0, 0.1) is 0 Å². The van der Waals surface area contributed by atoms with Crippen LogP contribution in [-0.2, 0) is 24.9 Å². The van der Waals surface area contributed by atoms with E-state index < -0.39 is 19.4 Å². The number of ether oxygens (including phenoxy) is 1. The summed E-state index contributed by atoms with van der Waals surface area (Å²) in [6, 6.07) is 0. The Morgan fingerprint density at radius 2 is 0.944 bits per heavy atom. The Bertz CT molecular complexity index is 1020. The molecule has 0 bridgehead atoms. The number of nitrogens with zero attached hydrogens (tertiary/aromatic N) is 3. The summed E-state index contributed by atoms with van der Waals surface area (Å²) in [6.45, 7) is 4.84. The lowest BCUT2D eigenvalue weighted by Crippen LogP contribution is -2.33. The Morgan fingerprint density at radius 1 is 0.611 bits per heavy atom. The second-order valence-electron chi connectivity index (χ2n) is 15.6. The van der Waals surface area contributed by atoms with Gasteiger partial charge < -0.3 is 24.6 Å². The predicted octanol–water partition coefficient (Wildman–Crippen LogP) is 12.3. The van der Waals surface area contributed by atoms with Crippen LogP contribution < -0.4 is 11.4 Å². The quantitative estimate of drug-likeness (QED) is 0.0490. The molecule has 0 aliphatic heterocycles. The van der Waals surface area contributed by atoms with Gasteiger partial charge in [0.25, 0.3) is 0 Å². The molecule has 54 heavy (non-hydrogen) atoms. The van der Waals surface area contributed by atoms with Crippen LogP contribution in [0.4, 0.5) is 5.95 Å². The molecule has 0 unspecified atom stereocenters. The molecule has 0 fully saturated rings. The van der Waals surface area contributed by atoms with E-state index in [2.05, 4.69) is 23.8 Å². The number of hydrogen-bond acceptors (Lipinski definition) is 9. The van der Waals surface area contributed by atoms with Gasteiger partial charge in [-0.1, -0.05) is 206 Å². The molecule has 0 saturated heterocycles. The van der Waals surface area contributed by atoms with Crippen molar-refractivity contribution in [3.8, 4) is 0 Å². The number of rotatable bonds is 42. The standard InChI is InChI=1S/C43H85N4O6P/c1-3-5-7-9-11-13-15-17-19-21-23-25-27-29-31-33-35-52-54(50,40-51-41(38-48)37-47-39-45-42(44)46-43(47)49)53-36-34-32-30-28-26-24-22-20-18-16-14-12-10-8-6-4-2/h39,41,48H,3-38,40H2,1-2H3,(H2,44,46,49)/t41-/m0/s1. The Labute approximate surface area is 331 Å². The molecule has 0 saturated carbocycles. The Kier molecular flexibility index (Phi) is 35.0. The first-order valence-corrected chi connectivity index (χ1v) is 24.5. The number of aromatic nitrogens is 3. The topological polar surface area (TPSA) is 139 Å². The number of unbranched alkanes of at least 4 members (excludes halogenated alkanes) is 30. The minimum Gasteiger partial charge on any atom is -0.394 e. The van der Waals surface area contributed by atoms with Gasteiger partial charge in [-0.05, 0) is 12.8 Å². The van der Waals surface area contributed by atoms with E-state index in [4.69, 9.17) is 19.5 Å². The monoisotopic (exact) mass is 785 g/mol. The van der Waals surface area contributed by atoms with Gasteiger partial charge in [0.05, 0.1) is 32.5 Å². The lowest BCUT2D eigenvalue weighted by Gasteiger charge is -2.22. The van der Waals surface area contributed by atoms with Gasteiger partial charge >= 0.3 is 13.3 Å². The van der Waals surface area contributed by atoms with Gasteiger partial charge in [0, 0.05) is 0 Å². The first kappa shape index (κ1) is 50.7. The molecule has 11 heteroatoms. The molecule has 1 aromatic heterocycles. The zero-order valence-electron chi connectivity index (χ0n) is 35.2. The molecule has 318 valence electrons. The van der Waals surface area contributed by atoms with E-state index in [1.54, 1.807) is 0 Å². The lowest BCUT2D eigenvalue weighted by molar-refractivity contribution is 0.0138. The number of hydrogen-bond donors (Lipinski definition) is 2. The minimum absolute atomic E-state index is 0.00609. The van der Waals surface area contributed by atoms with Crippen molar-refractivity contribution in [3.63, 3.8) is 0 Å². The molecule has 1 rings (SSSR count). The second-order valence-corrected chi connectivity index (χ2v) is 17.6. The van der Waals surface area contributed by atoms with Crippen molar-refractivity contribution >= 4 is 13.5 Å². The first-order chi connectivity index (χ1) is 26.4. The molecule has 1 atom stereocenters. The van der Waals surface area contributed by atoms with E-state index >= 15 is 0 Å². The van der Waals surface area contributed by atoms with Crippen LogP contribution in [0.2, 0.25) is 0 Å². The Balaban J connectivity index is 2.28. The third-order valence-corrected chi connectivity index (χ3v) is 12.0. The highest BCUT2D eigenvalue weighted by molar-refractivity contribution is 7.53. The fourth-order valence-corrected chi connectivity index (χ4v) is 8.32. The van der Waals surface area contributed by atoms with Crippen LogP contribution >= 0.6 is 7.60 Å². The van der Waals surface area contributed by atoms with Crippen molar-refractivity contribution < 1.29 is 23.5 Å². The van der Waals surface area contributed by atoms with Crippen LogP contribution in [0.15, 0.2) is 11.1 Å². The molecular formula is C43H85N4O6P. The number of aliphatic hydroxyl groups excluding tert-OH is 1. The third-order valence-electron chi connectivity index (χ3n) is 10.4. The van der Waals surface area contributed by atoms with Crippen LogP contribution in [-0.4, -0.2) is 51.9 Å². The third kappa shape index (κ3) is 30.8. The molecule has 0 aromatic carbocycles. The van der Waals surface area contributed by atoms with E-state index in [0.717, 1.165) is 38.5 Å². The predicted molar refractivity (Wildman–Crippen MR) is 226 cm³/mol. The molecule has 10 nitrogen and oxygen atoms in total. The van der Waals surface area contributed by atoms with Gasteiger partial charge in [-0.2, -0.15) is 4.98 Å². The normalized spacial score (nSPS) is 12.5. The molecule has 3 N–H and O–H groups in total. The number of nitrogen functional groups attached to an aromatic ring is 1. The van der Waals surface area contributed by atoms with Gasteiger partial charge in [0.15, 0.2) is 0 Å². The lowest BCUT2D eigenvalue weighted by atomic mass is 10.0. The molecule has 0 spiro atoms. The van der Waals surface area contributed by atoms with Crippen molar-refractivity contribution in [2.45, 2.75) is 232 Å². The van der Waals surface area contributed by atoms with Crippen LogP contribution in [0.1, 0.15) is 219 Å². The summed E-state index contributed by atoms with van der Waals surface area (Å²) in [5, 5.41) is 9.92. The van der Waals surface area contributed by atoms with E-state index in [-0.39, 0.29) is 25.4 Å². The largest absolute Gasteiger partial charge is 0.394 e. The summed E-state index contributed by atoms with van der Waals surface area (Å²) in [6.07, 6.45) is 41.4. The van der Waals surface area contributed by atoms with E-state index in [1.165, 1.54) is 178 Å². The van der Waals surface area contributed by atoms with Crippen molar-refractivity contribution in [3.05, 3.63) is 16.8 Å². The van der Waals surface area contributed by atoms with E-state index in [1.807, 2.05) is 0 Å². The summed E-state index contributed by atoms with van der Waals surface area (Å²) in [7, 11) is -3.56. The maximum atomic E-state index is 13.8. The van der Waals surface area contributed by atoms with Crippen molar-refractivity contribution in [2.24, 2.45) is 0 Å². The van der Waals surface area contributed by atoms with Crippen molar-refractivity contribution in [2.75, 3.05) is 31.9 Å². The Hall–Kier alpha value is -1.32. The van der Waals surface area contributed by atoms with Crippen molar-refractivity contribution in [1.82, 2.24) is 14.5 Å². The summed E-state index contributed by atoms with van der Waals surface area (Å²) >= 11 is 0. The van der Waals surface area contributed by atoms with Crippen molar-refractivity contribution in [1.29, 1.82) is 0 Å². The molecule has 0 aliphatic carbocycles. The van der Waals surface area contributed by atoms with Crippen LogP contribution in [0.3, 0.4) is 0 Å². The number of nitrogens with two attached hydrogens (primary N) is 1. The summed E-state index contributed by atoms with van der Waals surface area (Å²) in [5.74, 6) is -0.118. The van der Waals surface area contributed by atoms with Gasteiger partial charge in [-0.25, -0.2) is 9.78 Å². The fraction of sp³-hybridized carbons (Fsp3) is 0.930. The minimum atomic E-state index is -3.56. The smallest absolute Gasteiger partial charge is 0.356 e. The van der Waals surface area contributed by atoms with Gasteiger partial charge in [0.1, 0.15) is 12.7 Å². The van der Waals surface area contributed by atoms with Gasteiger partial charge in [0.2, 0.25) is 5.95 Å². The molecular weight excluding hydrogens is 699 g/mol. The molecule has 0 aliphatic rings. The van der Waals surface area contributed by atoms with E-state index in [9.17, 15) is 14.5 Å². The highest BCUT2D eigenvalue weighted by atomic mass is 31.2. The fourth-order valence-electron chi connectivity index (χ4n) is 6.89. The number of anilines is 1. The average molecular weight is 785 g/mol. The highest BCUT2D eigenvalue weighted by Crippen LogP contribution is 2.48. The summed E-state index contributed by atoms with van der Waals surface area (Å²) in [4.78, 5) is 19.6. The maximum Gasteiger partial charge on any atom is 0.356 e. The summed E-state index contributed by atoms with van der Waals surface area (Å²) < 4.78 is 32.5. The SMILES string of the molecule is CCCCCCCCCCCCCCCCCCOP(=O)(CO[C@H](CO)Cn1cnc(N)nc1=O)OCCCCCCCCCCCCCCCCCC. The van der Waals surface area contributed by atoms with Crippen LogP contribution in [0.25, 0.3) is 0 Å². The number of aliphatic hydroxyl groups is 1. The zero-order valence-corrected chi connectivity index (χ0v) is 36.1. The Morgan fingerprint density at radius 3 is 1.26 bits per heavy atom. The highest BCUT2D eigenvalue weighted by Gasteiger charge is 2.27. The zero-order chi connectivity index (χ0) is 39.2. The van der Waals surface area contributed by atoms with E-state index in [0.29, 0.717) is 13.2 Å².